The van der Waals surface area contributed by atoms with Crippen LogP contribution in [0.5, 0.6) is 5.75 Å². The van der Waals surface area contributed by atoms with E-state index < -0.39 is 18.3 Å². The van der Waals surface area contributed by atoms with E-state index in [-0.39, 0.29) is 5.82 Å². The minimum atomic E-state index is -0.433. The molecule has 4 nitrogen and oxygen atoms in total. The largest absolute Gasteiger partial charge is 0.495 e. The third-order valence-corrected chi connectivity index (χ3v) is 5.89. The molecule has 0 amide bonds. The van der Waals surface area contributed by atoms with E-state index in [1.54, 1.807) is 25.3 Å². The molecule has 0 atom stereocenters. The van der Waals surface area contributed by atoms with E-state index in [1.807, 2.05) is 58.9 Å². The molecule has 6 heteroatoms. The number of rotatable bonds is 7. The highest BCUT2D eigenvalue weighted by molar-refractivity contribution is 6.62. The van der Waals surface area contributed by atoms with Gasteiger partial charge in [-0.1, -0.05) is 30.4 Å². The zero-order valence-electron chi connectivity index (χ0n) is 18.6. The van der Waals surface area contributed by atoms with Gasteiger partial charge in [0.15, 0.2) is 0 Å². The molecule has 0 bridgehead atoms. The summed E-state index contributed by atoms with van der Waals surface area (Å²) in [4.78, 5) is 0. The van der Waals surface area contributed by atoms with E-state index in [2.05, 4.69) is 0 Å². The molecule has 2 aromatic carbocycles. The maximum Gasteiger partial charge on any atom is 0.495 e. The van der Waals surface area contributed by atoms with Crippen LogP contribution in [0.2, 0.25) is 0 Å². The first-order valence-corrected chi connectivity index (χ1v) is 10.2. The summed E-state index contributed by atoms with van der Waals surface area (Å²) in [6.45, 7) is 11.1. The van der Waals surface area contributed by atoms with Crippen LogP contribution in [-0.2, 0) is 14.0 Å². The molecule has 1 aliphatic rings. The Morgan fingerprint density at radius 2 is 1.63 bits per heavy atom. The maximum absolute atomic E-state index is 14.3. The van der Waals surface area contributed by atoms with Crippen LogP contribution in [0.25, 0.3) is 12.2 Å². The van der Waals surface area contributed by atoms with Gasteiger partial charge >= 0.3 is 7.12 Å². The lowest BCUT2D eigenvalue weighted by Crippen LogP contribution is -2.41. The van der Waals surface area contributed by atoms with Gasteiger partial charge in [0.2, 0.25) is 0 Å². The van der Waals surface area contributed by atoms with Gasteiger partial charge < -0.3 is 18.8 Å². The highest BCUT2D eigenvalue weighted by atomic mass is 19.1. The molecule has 1 aliphatic heterocycles. The first kappa shape index (κ1) is 22.5. The lowest BCUT2D eigenvalue weighted by Gasteiger charge is -2.32. The SMILES string of the molecule is COCCOc1ccc(F)c(/C=C/c2cccc(B3OC(C)(C)C(C)(C)O3)c2C)c1. The summed E-state index contributed by atoms with van der Waals surface area (Å²) in [7, 11) is 1.18. The van der Waals surface area contributed by atoms with Crippen molar-refractivity contribution in [2.45, 2.75) is 45.8 Å². The van der Waals surface area contributed by atoms with Crippen molar-refractivity contribution in [3.63, 3.8) is 0 Å². The zero-order valence-corrected chi connectivity index (χ0v) is 18.6. The Bertz CT molecular complexity index is 907. The molecule has 0 spiro atoms. The number of ether oxygens (including phenoxy) is 2. The van der Waals surface area contributed by atoms with Gasteiger partial charge in [-0.3, -0.25) is 0 Å². The number of hydrogen-bond donors (Lipinski definition) is 0. The van der Waals surface area contributed by atoms with Crippen molar-refractivity contribution in [2.75, 3.05) is 20.3 Å². The van der Waals surface area contributed by atoms with E-state index in [9.17, 15) is 4.39 Å². The van der Waals surface area contributed by atoms with Crippen LogP contribution < -0.4 is 10.2 Å². The van der Waals surface area contributed by atoms with Crippen LogP contribution in [0.1, 0.15) is 44.4 Å². The molecule has 1 saturated heterocycles. The van der Waals surface area contributed by atoms with Crippen molar-refractivity contribution >= 4 is 24.7 Å². The highest BCUT2D eigenvalue weighted by Crippen LogP contribution is 2.36. The second kappa shape index (κ2) is 8.92. The van der Waals surface area contributed by atoms with Crippen molar-refractivity contribution in [3.8, 4) is 5.75 Å². The summed E-state index contributed by atoms with van der Waals surface area (Å²) in [5, 5.41) is 0. The molecule has 160 valence electrons. The molecular weight excluding hydrogens is 382 g/mol. The molecule has 0 aromatic heterocycles. The summed E-state index contributed by atoms with van der Waals surface area (Å²) in [5.74, 6) is 0.306. The van der Waals surface area contributed by atoms with Crippen LogP contribution in [0.3, 0.4) is 0 Å². The standard InChI is InChI=1S/C24H30BFO4/c1-17-18(8-7-9-21(17)25-29-23(2,3)24(4,5)30-25)10-11-19-16-20(12-13-22(19)26)28-15-14-27-6/h7-13,16H,14-15H2,1-6H3/b11-10+. The normalized spacial score (nSPS) is 17.6. The lowest BCUT2D eigenvalue weighted by molar-refractivity contribution is 0.00578. The first-order valence-electron chi connectivity index (χ1n) is 10.2. The summed E-state index contributed by atoms with van der Waals surface area (Å²) in [6, 6.07) is 10.7. The van der Waals surface area contributed by atoms with Crippen LogP contribution in [0.4, 0.5) is 4.39 Å². The predicted octanol–water partition coefficient (Wildman–Crippen LogP) is 4.63. The maximum atomic E-state index is 14.3. The fourth-order valence-electron chi connectivity index (χ4n) is 3.24. The van der Waals surface area contributed by atoms with Crippen molar-refractivity contribution in [2.24, 2.45) is 0 Å². The number of methoxy groups -OCH3 is 1. The van der Waals surface area contributed by atoms with E-state index >= 15 is 0 Å². The number of benzene rings is 2. The van der Waals surface area contributed by atoms with Crippen LogP contribution >= 0.6 is 0 Å². The Kier molecular flexibility index (Phi) is 6.70. The van der Waals surface area contributed by atoms with E-state index in [4.69, 9.17) is 18.8 Å². The molecule has 0 radical (unpaired) electrons. The molecule has 2 aromatic rings. The summed E-state index contributed by atoms with van der Waals surface area (Å²) >= 11 is 0. The molecule has 0 unspecified atom stereocenters. The van der Waals surface area contributed by atoms with Crippen molar-refractivity contribution < 1.29 is 23.2 Å². The fraction of sp³-hybridized carbons (Fsp3) is 0.417. The highest BCUT2D eigenvalue weighted by Gasteiger charge is 2.52. The lowest BCUT2D eigenvalue weighted by atomic mass is 9.75. The zero-order chi connectivity index (χ0) is 21.9. The average Bonchev–Trinajstić information content (AvgIpc) is 2.90. The minimum Gasteiger partial charge on any atom is -0.491 e. The fourth-order valence-corrected chi connectivity index (χ4v) is 3.24. The topological polar surface area (TPSA) is 36.9 Å². The van der Waals surface area contributed by atoms with E-state index in [1.165, 1.54) is 6.07 Å². The molecule has 0 aliphatic carbocycles. The van der Waals surface area contributed by atoms with Gasteiger partial charge in [-0.25, -0.2) is 4.39 Å². The molecule has 1 heterocycles. The van der Waals surface area contributed by atoms with E-state index in [0.717, 1.165) is 16.6 Å². The van der Waals surface area contributed by atoms with Gasteiger partial charge in [0.25, 0.3) is 0 Å². The second-order valence-electron chi connectivity index (χ2n) is 8.51. The van der Waals surface area contributed by atoms with Gasteiger partial charge in [0.05, 0.1) is 17.8 Å². The number of hydrogen-bond acceptors (Lipinski definition) is 4. The smallest absolute Gasteiger partial charge is 0.491 e. The first-order chi connectivity index (χ1) is 14.1. The average molecular weight is 412 g/mol. The Labute approximate surface area is 179 Å². The van der Waals surface area contributed by atoms with Crippen molar-refractivity contribution in [1.82, 2.24) is 0 Å². The molecular formula is C24H30BFO4. The Hall–Kier alpha value is -2.15. The third-order valence-electron chi connectivity index (χ3n) is 5.89. The van der Waals surface area contributed by atoms with Gasteiger partial charge in [-0.2, -0.15) is 0 Å². The molecule has 0 N–H and O–H groups in total. The minimum absolute atomic E-state index is 0.301. The summed E-state index contributed by atoms with van der Waals surface area (Å²) in [5.41, 5.74) is 2.66. The van der Waals surface area contributed by atoms with E-state index in [0.29, 0.717) is 24.5 Å². The number of halogens is 1. The second-order valence-corrected chi connectivity index (χ2v) is 8.51. The van der Waals surface area contributed by atoms with Gasteiger partial charge in [-0.05, 0) is 69.4 Å². The van der Waals surface area contributed by atoms with Crippen LogP contribution in [-0.4, -0.2) is 38.6 Å². The summed E-state index contributed by atoms with van der Waals surface area (Å²) < 4.78 is 37.2. The quantitative estimate of drug-likeness (QED) is 0.378. The Morgan fingerprint density at radius 3 is 2.30 bits per heavy atom. The molecule has 3 rings (SSSR count). The monoisotopic (exact) mass is 412 g/mol. The Morgan fingerprint density at radius 1 is 0.967 bits per heavy atom. The van der Waals surface area contributed by atoms with Crippen molar-refractivity contribution in [3.05, 3.63) is 58.9 Å². The van der Waals surface area contributed by atoms with Crippen LogP contribution in [0, 0.1) is 12.7 Å². The van der Waals surface area contributed by atoms with Gasteiger partial charge in [-0.15, -0.1) is 0 Å². The van der Waals surface area contributed by atoms with Gasteiger partial charge in [0.1, 0.15) is 18.2 Å². The predicted molar refractivity (Wildman–Crippen MR) is 120 cm³/mol. The molecule has 0 saturated carbocycles. The van der Waals surface area contributed by atoms with Gasteiger partial charge in [0, 0.05) is 12.7 Å². The van der Waals surface area contributed by atoms with Crippen LogP contribution in [0.15, 0.2) is 36.4 Å². The molecule has 30 heavy (non-hydrogen) atoms. The van der Waals surface area contributed by atoms with Crippen molar-refractivity contribution in [1.29, 1.82) is 0 Å². The Balaban J connectivity index is 1.82. The molecule has 1 fully saturated rings. The third kappa shape index (κ3) is 4.77. The summed E-state index contributed by atoms with van der Waals surface area (Å²) in [6.07, 6.45) is 3.66.